The molecular formula is C11H17ClN2O2. The Hall–Kier alpha value is -0.840. The molecule has 1 aromatic rings. The number of aliphatic hydroxyl groups is 1. The molecule has 0 bridgehead atoms. The van der Waals surface area contributed by atoms with E-state index < -0.39 is 0 Å². The Morgan fingerprint density at radius 2 is 2.19 bits per heavy atom. The molecule has 0 saturated carbocycles. The molecule has 1 rings (SSSR count). The number of aromatic hydroxyl groups is 1. The molecule has 4 N–H and O–H groups in total. The summed E-state index contributed by atoms with van der Waals surface area (Å²) in [6.45, 7) is 3.79. The normalized spacial score (nSPS) is 13.8. The standard InChI is InChI=1S/C11H17ClN2O2/c1-11(2,6-15)9(13)4-7-3-8(16)10(12)14-5-7/h3,5,9,15-16H,4,6,13H2,1-2H3. The lowest BCUT2D eigenvalue weighted by molar-refractivity contribution is 0.131. The molecule has 0 saturated heterocycles. The van der Waals surface area contributed by atoms with Crippen LogP contribution in [-0.2, 0) is 6.42 Å². The highest BCUT2D eigenvalue weighted by Gasteiger charge is 2.25. The van der Waals surface area contributed by atoms with Crippen LogP contribution in [0.25, 0.3) is 0 Å². The average molecular weight is 245 g/mol. The smallest absolute Gasteiger partial charge is 0.170 e. The second kappa shape index (κ2) is 4.99. The summed E-state index contributed by atoms with van der Waals surface area (Å²) in [5.41, 5.74) is 6.42. The molecule has 4 nitrogen and oxygen atoms in total. The van der Waals surface area contributed by atoms with Crippen molar-refractivity contribution in [2.24, 2.45) is 11.1 Å². The third kappa shape index (κ3) is 3.07. The van der Waals surface area contributed by atoms with E-state index in [1.54, 1.807) is 12.3 Å². The Balaban J connectivity index is 2.77. The van der Waals surface area contributed by atoms with Crippen molar-refractivity contribution in [2.75, 3.05) is 6.61 Å². The summed E-state index contributed by atoms with van der Waals surface area (Å²) < 4.78 is 0. The van der Waals surface area contributed by atoms with Gasteiger partial charge in [0.15, 0.2) is 10.9 Å². The van der Waals surface area contributed by atoms with Crippen molar-refractivity contribution in [1.82, 2.24) is 4.98 Å². The predicted octanol–water partition coefficient (Wildman–Crippen LogP) is 1.33. The fraction of sp³-hybridized carbons (Fsp3) is 0.545. The van der Waals surface area contributed by atoms with Crippen LogP contribution in [0.1, 0.15) is 19.4 Å². The van der Waals surface area contributed by atoms with Crippen LogP contribution in [0.2, 0.25) is 5.15 Å². The molecule has 0 amide bonds. The van der Waals surface area contributed by atoms with Crippen LogP contribution in [0, 0.1) is 5.41 Å². The summed E-state index contributed by atoms with van der Waals surface area (Å²) in [6.07, 6.45) is 2.11. The second-order valence-electron chi connectivity index (χ2n) is 4.61. The van der Waals surface area contributed by atoms with Crippen LogP contribution in [0.15, 0.2) is 12.3 Å². The first-order valence-electron chi connectivity index (χ1n) is 5.06. The predicted molar refractivity (Wildman–Crippen MR) is 63.5 cm³/mol. The monoisotopic (exact) mass is 244 g/mol. The first kappa shape index (κ1) is 13.2. The zero-order chi connectivity index (χ0) is 12.3. The topological polar surface area (TPSA) is 79.4 Å². The number of nitrogens with two attached hydrogens (primary N) is 1. The van der Waals surface area contributed by atoms with Crippen LogP contribution < -0.4 is 5.73 Å². The number of halogens is 1. The van der Waals surface area contributed by atoms with Gasteiger partial charge in [-0.15, -0.1) is 0 Å². The molecule has 0 aliphatic heterocycles. The van der Waals surface area contributed by atoms with Crippen LogP contribution in [0.4, 0.5) is 0 Å². The van der Waals surface area contributed by atoms with Crippen molar-refractivity contribution in [1.29, 1.82) is 0 Å². The second-order valence-corrected chi connectivity index (χ2v) is 4.97. The Labute approximate surface area is 100 Å². The summed E-state index contributed by atoms with van der Waals surface area (Å²) in [5.74, 6) is -0.0480. The zero-order valence-corrected chi connectivity index (χ0v) is 10.2. The number of rotatable bonds is 4. The molecule has 90 valence electrons. The van der Waals surface area contributed by atoms with E-state index in [-0.39, 0.29) is 29.0 Å². The Morgan fingerprint density at radius 1 is 1.56 bits per heavy atom. The minimum Gasteiger partial charge on any atom is -0.505 e. The van der Waals surface area contributed by atoms with Gasteiger partial charge in [-0.25, -0.2) is 4.98 Å². The van der Waals surface area contributed by atoms with E-state index >= 15 is 0 Å². The van der Waals surface area contributed by atoms with Crippen molar-refractivity contribution < 1.29 is 10.2 Å². The van der Waals surface area contributed by atoms with E-state index in [2.05, 4.69) is 4.98 Å². The summed E-state index contributed by atoms with van der Waals surface area (Å²) in [4.78, 5) is 3.84. The van der Waals surface area contributed by atoms with Gasteiger partial charge in [0.05, 0.1) is 0 Å². The number of hydrogen-bond acceptors (Lipinski definition) is 4. The molecule has 5 heteroatoms. The van der Waals surface area contributed by atoms with Gasteiger partial charge in [0.1, 0.15) is 0 Å². The summed E-state index contributed by atoms with van der Waals surface area (Å²) in [5, 5.41) is 18.6. The van der Waals surface area contributed by atoms with Gasteiger partial charge in [-0.05, 0) is 18.1 Å². The largest absolute Gasteiger partial charge is 0.505 e. The van der Waals surface area contributed by atoms with Crippen LogP contribution in [0.3, 0.4) is 0 Å². The molecule has 16 heavy (non-hydrogen) atoms. The van der Waals surface area contributed by atoms with Crippen molar-refractivity contribution in [3.63, 3.8) is 0 Å². The maximum absolute atomic E-state index is 9.39. The molecule has 0 aromatic carbocycles. The van der Waals surface area contributed by atoms with Gasteiger partial charge in [-0.1, -0.05) is 25.4 Å². The Morgan fingerprint density at radius 3 is 2.69 bits per heavy atom. The molecular weight excluding hydrogens is 228 g/mol. The third-order valence-electron chi connectivity index (χ3n) is 2.74. The molecule has 0 aliphatic rings. The molecule has 1 unspecified atom stereocenters. The average Bonchev–Trinajstić information content (AvgIpc) is 2.23. The van der Waals surface area contributed by atoms with Crippen molar-refractivity contribution in [3.8, 4) is 5.75 Å². The van der Waals surface area contributed by atoms with E-state index in [9.17, 15) is 10.2 Å². The van der Waals surface area contributed by atoms with Gasteiger partial charge in [-0.3, -0.25) is 0 Å². The first-order chi connectivity index (χ1) is 7.36. The first-order valence-corrected chi connectivity index (χ1v) is 5.44. The molecule has 0 radical (unpaired) electrons. The minimum atomic E-state index is -0.366. The van der Waals surface area contributed by atoms with Gasteiger partial charge in [-0.2, -0.15) is 0 Å². The van der Waals surface area contributed by atoms with Gasteiger partial charge < -0.3 is 15.9 Å². The van der Waals surface area contributed by atoms with Crippen LogP contribution in [0.5, 0.6) is 5.75 Å². The van der Waals surface area contributed by atoms with E-state index in [0.29, 0.717) is 6.42 Å². The number of aromatic nitrogens is 1. The Bertz CT molecular complexity index is 369. The molecule has 1 heterocycles. The highest BCUT2D eigenvalue weighted by molar-refractivity contribution is 6.30. The summed E-state index contributed by atoms with van der Waals surface area (Å²) in [7, 11) is 0. The maximum atomic E-state index is 9.39. The lowest BCUT2D eigenvalue weighted by Crippen LogP contribution is -2.41. The number of hydrogen-bond donors (Lipinski definition) is 3. The Kier molecular flexibility index (Phi) is 4.13. The molecule has 0 fully saturated rings. The number of nitrogens with zero attached hydrogens (tertiary/aromatic N) is 1. The van der Waals surface area contributed by atoms with Crippen molar-refractivity contribution in [3.05, 3.63) is 23.0 Å². The number of aliphatic hydroxyl groups excluding tert-OH is 1. The lowest BCUT2D eigenvalue weighted by atomic mass is 9.83. The highest BCUT2D eigenvalue weighted by atomic mass is 35.5. The van der Waals surface area contributed by atoms with Gasteiger partial charge in [0.2, 0.25) is 0 Å². The highest BCUT2D eigenvalue weighted by Crippen LogP contribution is 2.24. The fourth-order valence-corrected chi connectivity index (χ4v) is 1.34. The fourth-order valence-electron chi connectivity index (χ4n) is 1.24. The third-order valence-corrected chi connectivity index (χ3v) is 3.04. The van der Waals surface area contributed by atoms with Crippen molar-refractivity contribution in [2.45, 2.75) is 26.3 Å². The maximum Gasteiger partial charge on any atom is 0.170 e. The minimum absolute atomic E-state index is 0.0150. The van der Waals surface area contributed by atoms with Crippen molar-refractivity contribution >= 4 is 11.6 Å². The van der Waals surface area contributed by atoms with Crippen LogP contribution >= 0.6 is 11.6 Å². The van der Waals surface area contributed by atoms with Gasteiger partial charge in [0.25, 0.3) is 0 Å². The van der Waals surface area contributed by atoms with E-state index in [1.165, 1.54) is 0 Å². The van der Waals surface area contributed by atoms with Gasteiger partial charge in [0, 0.05) is 24.3 Å². The molecule has 1 atom stereocenters. The number of pyridine rings is 1. The SMILES string of the molecule is CC(C)(CO)C(N)Cc1cnc(Cl)c(O)c1. The van der Waals surface area contributed by atoms with Crippen LogP contribution in [-0.4, -0.2) is 27.8 Å². The molecule has 0 aliphatic carbocycles. The van der Waals surface area contributed by atoms with Gasteiger partial charge >= 0.3 is 0 Å². The summed E-state index contributed by atoms with van der Waals surface area (Å²) >= 11 is 5.60. The van der Waals surface area contributed by atoms with E-state index in [1.807, 2.05) is 13.8 Å². The van der Waals surface area contributed by atoms with E-state index in [4.69, 9.17) is 17.3 Å². The molecule has 0 spiro atoms. The lowest BCUT2D eigenvalue weighted by Gasteiger charge is -2.29. The quantitative estimate of drug-likeness (QED) is 0.698. The van der Waals surface area contributed by atoms with E-state index in [0.717, 1.165) is 5.56 Å². The zero-order valence-electron chi connectivity index (χ0n) is 9.44. The summed E-state index contributed by atoms with van der Waals surface area (Å²) in [6, 6.07) is 1.34. The molecule has 1 aromatic heterocycles.